The van der Waals surface area contributed by atoms with Crippen molar-refractivity contribution in [3.05, 3.63) is 46.4 Å². The van der Waals surface area contributed by atoms with Crippen LogP contribution in [0.5, 0.6) is 5.75 Å². The summed E-state index contributed by atoms with van der Waals surface area (Å²) in [5.74, 6) is -1.30. The minimum absolute atomic E-state index is 0.225. The van der Waals surface area contributed by atoms with Crippen molar-refractivity contribution in [3.8, 4) is 5.75 Å². The molecule has 2 rings (SSSR count). The normalized spacial score (nSPS) is 9.95. The van der Waals surface area contributed by atoms with Gasteiger partial charge in [0.25, 0.3) is 0 Å². The average molecular weight is 290 g/mol. The first-order chi connectivity index (χ1) is 10.0. The highest BCUT2D eigenvalue weighted by Gasteiger charge is 2.27. The van der Waals surface area contributed by atoms with Gasteiger partial charge < -0.3 is 15.2 Å². The maximum absolute atomic E-state index is 11.1. The molecular formula is C12H10N4O5. The fourth-order valence-corrected chi connectivity index (χ4v) is 1.68. The number of rotatable bonds is 5. The molecule has 21 heavy (non-hydrogen) atoms. The Labute approximate surface area is 118 Å². The number of aromatic carboxylic acids is 1. The third-order valence-corrected chi connectivity index (χ3v) is 2.57. The highest BCUT2D eigenvalue weighted by atomic mass is 16.6. The quantitative estimate of drug-likeness (QED) is 0.630. The second-order valence-electron chi connectivity index (χ2n) is 3.81. The molecule has 0 aliphatic carbocycles. The second-order valence-corrected chi connectivity index (χ2v) is 3.81. The van der Waals surface area contributed by atoms with Crippen LogP contribution in [-0.2, 0) is 0 Å². The molecule has 0 bridgehead atoms. The number of methoxy groups -OCH3 is 1. The van der Waals surface area contributed by atoms with Crippen LogP contribution in [0.25, 0.3) is 0 Å². The number of nitrogens with zero attached hydrogens (tertiary/aromatic N) is 3. The molecule has 9 nitrogen and oxygen atoms in total. The SMILES string of the molecule is COc1ccccc1Nc1ncnc(C(=O)O)c1[N+](=O)[O-]. The van der Waals surface area contributed by atoms with Crippen LogP contribution in [0.3, 0.4) is 0 Å². The van der Waals surface area contributed by atoms with Crippen LogP contribution in [0.4, 0.5) is 17.2 Å². The van der Waals surface area contributed by atoms with E-state index in [4.69, 9.17) is 9.84 Å². The molecule has 9 heteroatoms. The van der Waals surface area contributed by atoms with E-state index in [0.29, 0.717) is 11.4 Å². The fraction of sp³-hybridized carbons (Fsp3) is 0.0833. The molecule has 0 aliphatic heterocycles. The van der Waals surface area contributed by atoms with E-state index in [-0.39, 0.29) is 5.82 Å². The fourth-order valence-electron chi connectivity index (χ4n) is 1.68. The predicted molar refractivity (Wildman–Crippen MR) is 71.9 cm³/mol. The van der Waals surface area contributed by atoms with Gasteiger partial charge >= 0.3 is 11.7 Å². The van der Waals surface area contributed by atoms with Crippen LogP contribution < -0.4 is 10.1 Å². The first-order valence-electron chi connectivity index (χ1n) is 5.67. The number of para-hydroxylation sites is 2. The van der Waals surface area contributed by atoms with Crippen LogP contribution in [0.1, 0.15) is 10.5 Å². The van der Waals surface area contributed by atoms with E-state index in [2.05, 4.69) is 15.3 Å². The number of carboxylic acid groups (broad SMARTS) is 1. The van der Waals surface area contributed by atoms with Gasteiger partial charge in [-0.1, -0.05) is 12.1 Å². The number of nitrogens with one attached hydrogen (secondary N) is 1. The topological polar surface area (TPSA) is 127 Å². The lowest BCUT2D eigenvalue weighted by Crippen LogP contribution is -2.10. The second kappa shape index (κ2) is 5.82. The largest absolute Gasteiger partial charge is 0.495 e. The number of benzene rings is 1. The highest BCUT2D eigenvalue weighted by Crippen LogP contribution is 2.31. The molecule has 2 aromatic rings. The monoisotopic (exact) mass is 290 g/mol. The molecule has 0 aliphatic rings. The van der Waals surface area contributed by atoms with Crippen LogP contribution in [0.2, 0.25) is 0 Å². The molecule has 1 aromatic heterocycles. The molecule has 108 valence electrons. The predicted octanol–water partition coefficient (Wildman–Crippen LogP) is 1.84. The van der Waals surface area contributed by atoms with Crippen molar-refractivity contribution >= 4 is 23.2 Å². The van der Waals surface area contributed by atoms with E-state index in [1.54, 1.807) is 24.3 Å². The molecule has 0 fully saturated rings. The Morgan fingerprint density at radius 2 is 2.10 bits per heavy atom. The number of hydrogen-bond donors (Lipinski definition) is 2. The summed E-state index contributed by atoms with van der Waals surface area (Å²) in [6.45, 7) is 0. The summed E-state index contributed by atoms with van der Waals surface area (Å²) < 4.78 is 5.10. The van der Waals surface area contributed by atoms with Crippen molar-refractivity contribution in [2.45, 2.75) is 0 Å². The third-order valence-electron chi connectivity index (χ3n) is 2.57. The zero-order valence-corrected chi connectivity index (χ0v) is 10.8. The number of nitro groups is 1. The average Bonchev–Trinajstić information content (AvgIpc) is 2.47. The van der Waals surface area contributed by atoms with E-state index < -0.39 is 22.3 Å². The van der Waals surface area contributed by atoms with Crippen LogP contribution in [0.15, 0.2) is 30.6 Å². The molecule has 0 radical (unpaired) electrons. The lowest BCUT2D eigenvalue weighted by atomic mass is 10.2. The Kier molecular flexibility index (Phi) is 3.93. The van der Waals surface area contributed by atoms with Crippen molar-refractivity contribution in [1.29, 1.82) is 0 Å². The van der Waals surface area contributed by atoms with E-state index in [1.165, 1.54) is 7.11 Å². The van der Waals surface area contributed by atoms with Gasteiger partial charge in [0.2, 0.25) is 11.5 Å². The minimum Gasteiger partial charge on any atom is -0.495 e. The van der Waals surface area contributed by atoms with Gasteiger partial charge in [-0.3, -0.25) is 10.1 Å². The Balaban J connectivity index is 2.52. The lowest BCUT2D eigenvalue weighted by molar-refractivity contribution is -0.384. The molecule has 0 amide bonds. The summed E-state index contributed by atoms with van der Waals surface area (Å²) in [7, 11) is 1.44. The Hall–Kier alpha value is -3.23. The van der Waals surface area contributed by atoms with E-state index in [1.807, 2.05) is 0 Å². The summed E-state index contributed by atoms with van der Waals surface area (Å²) >= 11 is 0. The molecule has 0 atom stereocenters. The number of aromatic nitrogens is 2. The molecule has 0 spiro atoms. The molecule has 1 heterocycles. The number of carboxylic acids is 1. The van der Waals surface area contributed by atoms with E-state index in [9.17, 15) is 14.9 Å². The van der Waals surface area contributed by atoms with Gasteiger partial charge in [-0.05, 0) is 12.1 Å². The van der Waals surface area contributed by atoms with Crippen molar-refractivity contribution in [1.82, 2.24) is 9.97 Å². The zero-order chi connectivity index (χ0) is 15.4. The number of carbonyl (C=O) groups is 1. The van der Waals surface area contributed by atoms with Gasteiger partial charge in [-0.15, -0.1) is 0 Å². The molecule has 1 aromatic carbocycles. The number of anilines is 2. The Morgan fingerprint density at radius 1 is 1.38 bits per heavy atom. The van der Waals surface area contributed by atoms with Gasteiger partial charge in [0.1, 0.15) is 12.1 Å². The lowest BCUT2D eigenvalue weighted by Gasteiger charge is -2.10. The third kappa shape index (κ3) is 2.86. The molecule has 0 saturated carbocycles. The molecule has 2 N–H and O–H groups in total. The van der Waals surface area contributed by atoms with E-state index >= 15 is 0 Å². The van der Waals surface area contributed by atoms with Gasteiger partial charge in [0.15, 0.2) is 0 Å². The van der Waals surface area contributed by atoms with Crippen LogP contribution in [0, 0.1) is 10.1 Å². The zero-order valence-electron chi connectivity index (χ0n) is 10.8. The Bertz CT molecular complexity index is 704. The van der Waals surface area contributed by atoms with Crippen molar-refractivity contribution in [3.63, 3.8) is 0 Å². The van der Waals surface area contributed by atoms with Crippen LogP contribution >= 0.6 is 0 Å². The first kappa shape index (κ1) is 14.2. The Morgan fingerprint density at radius 3 is 2.71 bits per heavy atom. The number of ether oxygens (including phenoxy) is 1. The summed E-state index contributed by atoms with van der Waals surface area (Å²) in [5.41, 5.74) is -0.985. The van der Waals surface area contributed by atoms with Crippen molar-refractivity contribution in [2.75, 3.05) is 12.4 Å². The smallest absolute Gasteiger partial charge is 0.361 e. The molecule has 0 unspecified atom stereocenters. The van der Waals surface area contributed by atoms with Gasteiger partial charge in [0.05, 0.1) is 17.7 Å². The molecule has 0 saturated heterocycles. The van der Waals surface area contributed by atoms with Gasteiger partial charge in [-0.25, -0.2) is 14.8 Å². The van der Waals surface area contributed by atoms with Crippen molar-refractivity contribution < 1.29 is 19.6 Å². The van der Waals surface area contributed by atoms with Crippen LogP contribution in [-0.4, -0.2) is 33.1 Å². The standard InChI is InChI=1S/C12H10N4O5/c1-21-8-5-3-2-4-7(8)15-11-10(16(19)20)9(12(17)18)13-6-14-11/h2-6H,1H3,(H,17,18)(H,13,14,15). The van der Waals surface area contributed by atoms with Gasteiger partial charge in [0, 0.05) is 0 Å². The minimum atomic E-state index is -1.51. The number of hydrogen-bond acceptors (Lipinski definition) is 7. The highest BCUT2D eigenvalue weighted by molar-refractivity contribution is 5.93. The van der Waals surface area contributed by atoms with Crippen molar-refractivity contribution in [2.24, 2.45) is 0 Å². The summed E-state index contributed by atoms with van der Waals surface area (Å²) in [6, 6.07) is 6.68. The van der Waals surface area contributed by atoms with Gasteiger partial charge in [-0.2, -0.15) is 0 Å². The molecular weight excluding hydrogens is 280 g/mol. The van der Waals surface area contributed by atoms with E-state index in [0.717, 1.165) is 6.33 Å². The maximum Gasteiger partial charge on any atom is 0.361 e. The first-order valence-corrected chi connectivity index (χ1v) is 5.67. The maximum atomic E-state index is 11.1. The summed E-state index contributed by atoms with van der Waals surface area (Å²) in [5, 5.41) is 22.7. The summed E-state index contributed by atoms with van der Waals surface area (Å²) in [4.78, 5) is 28.4. The summed E-state index contributed by atoms with van der Waals surface area (Å²) in [6.07, 6.45) is 0.939.